The van der Waals surface area contributed by atoms with Gasteiger partial charge in [0.05, 0.1) is 0 Å². The summed E-state index contributed by atoms with van der Waals surface area (Å²) in [6.07, 6.45) is 20.3. The van der Waals surface area contributed by atoms with Gasteiger partial charge in [-0.2, -0.15) is 0 Å². The summed E-state index contributed by atoms with van der Waals surface area (Å²) in [5, 5.41) is 0. The van der Waals surface area contributed by atoms with Crippen molar-refractivity contribution < 1.29 is 0 Å². The van der Waals surface area contributed by atoms with Crippen LogP contribution in [0.15, 0.2) is 24.3 Å². The van der Waals surface area contributed by atoms with Crippen LogP contribution >= 0.6 is 0 Å². The fourth-order valence-electron chi connectivity index (χ4n) is 3.88. The summed E-state index contributed by atoms with van der Waals surface area (Å²) >= 11 is 0. The number of allylic oxidation sites excluding steroid dienone is 4. The molecule has 1 heterocycles. The quantitative estimate of drug-likeness (QED) is 0.578. The average molecular weight is 275 g/mol. The van der Waals surface area contributed by atoms with Gasteiger partial charge >= 0.3 is 0 Å². The average Bonchev–Trinajstić information content (AvgIpc) is 2.50. The molecule has 0 spiro atoms. The maximum absolute atomic E-state index is 2.72. The van der Waals surface area contributed by atoms with E-state index in [2.05, 4.69) is 43.1 Å². The Kier molecular flexibility index (Phi) is 6.86. The van der Waals surface area contributed by atoms with E-state index in [4.69, 9.17) is 0 Å². The van der Waals surface area contributed by atoms with Gasteiger partial charge in [0, 0.05) is 6.04 Å². The maximum Gasteiger partial charge on any atom is 0.00669 e. The van der Waals surface area contributed by atoms with Crippen molar-refractivity contribution in [2.24, 2.45) is 11.8 Å². The van der Waals surface area contributed by atoms with E-state index in [1.54, 1.807) is 0 Å². The molecule has 1 fully saturated rings. The minimum atomic E-state index is 0.805. The van der Waals surface area contributed by atoms with Crippen molar-refractivity contribution in [2.45, 2.75) is 71.3 Å². The molecule has 0 bridgehead atoms. The molecule has 2 rings (SSSR count). The molecule has 1 saturated heterocycles. The maximum atomic E-state index is 2.72. The zero-order valence-electron chi connectivity index (χ0n) is 13.6. The van der Waals surface area contributed by atoms with E-state index in [1.807, 2.05) is 0 Å². The monoisotopic (exact) mass is 275 g/mol. The van der Waals surface area contributed by atoms with Gasteiger partial charge in [0.25, 0.3) is 0 Å². The number of nitrogens with zero attached hydrogens (tertiary/aromatic N) is 1. The normalized spacial score (nSPS) is 28.7. The Bertz CT molecular complexity index is 318. The zero-order valence-corrected chi connectivity index (χ0v) is 13.6. The molecule has 2 aliphatic rings. The number of hydrogen-bond donors (Lipinski definition) is 0. The van der Waals surface area contributed by atoms with Crippen molar-refractivity contribution in [1.82, 2.24) is 4.90 Å². The van der Waals surface area contributed by atoms with E-state index in [0.29, 0.717) is 0 Å². The molecule has 20 heavy (non-hydrogen) atoms. The van der Waals surface area contributed by atoms with Gasteiger partial charge < -0.3 is 4.90 Å². The lowest BCUT2D eigenvalue weighted by molar-refractivity contribution is 0.156. The van der Waals surface area contributed by atoms with Gasteiger partial charge in [-0.05, 0) is 64.0 Å². The molecule has 1 nitrogen and oxygen atoms in total. The standard InChI is InChI=1S/C19H33N/c1-3-18(19-13-5-4-6-14-19)12-8-10-16-20-15-9-7-11-17(20)2/h4-6,13,17-19H,3,7-12,14-16H2,1-2H3/t17-,18?,19-/m1/s1. The number of hydrogen-bond acceptors (Lipinski definition) is 1. The summed E-state index contributed by atoms with van der Waals surface area (Å²) in [7, 11) is 0. The van der Waals surface area contributed by atoms with Crippen LogP contribution in [0.5, 0.6) is 0 Å². The van der Waals surface area contributed by atoms with E-state index in [-0.39, 0.29) is 0 Å². The first-order chi connectivity index (χ1) is 9.81. The molecule has 1 unspecified atom stereocenters. The highest BCUT2D eigenvalue weighted by atomic mass is 15.1. The second-order valence-electron chi connectivity index (χ2n) is 6.76. The summed E-state index contributed by atoms with van der Waals surface area (Å²) in [5.74, 6) is 1.70. The lowest BCUT2D eigenvalue weighted by atomic mass is 9.82. The van der Waals surface area contributed by atoms with Crippen molar-refractivity contribution in [3.63, 3.8) is 0 Å². The molecule has 0 aromatic carbocycles. The largest absolute Gasteiger partial charge is 0.301 e. The van der Waals surface area contributed by atoms with Crippen LogP contribution in [0.25, 0.3) is 0 Å². The first-order valence-electron chi connectivity index (χ1n) is 8.88. The Morgan fingerprint density at radius 3 is 2.80 bits per heavy atom. The van der Waals surface area contributed by atoms with Crippen LogP contribution in [-0.2, 0) is 0 Å². The Morgan fingerprint density at radius 2 is 2.10 bits per heavy atom. The SMILES string of the molecule is CCC(CCCCN1CCCC[C@H]1C)[C@@H]1C=CC=CC1. The molecule has 0 radical (unpaired) electrons. The first kappa shape index (κ1) is 15.8. The molecular weight excluding hydrogens is 242 g/mol. The Hall–Kier alpha value is -0.560. The predicted octanol–water partition coefficient (Wildman–Crippen LogP) is 5.19. The molecule has 1 heteroatoms. The van der Waals surface area contributed by atoms with Crippen LogP contribution in [0.3, 0.4) is 0 Å². The smallest absolute Gasteiger partial charge is 0.00669 e. The third kappa shape index (κ3) is 4.77. The topological polar surface area (TPSA) is 3.24 Å². The van der Waals surface area contributed by atoms with E-state index in [1.165, 1.54) is 64.5 Å². The molecule has 1 aliphatic heterocycles. The highest BCUT2D eigenvalue weighted by molar-refractivity contribution is 5.11. The molecule has 0 saturated carbocycles. The van der Waals surface area contributed by atoms with Crippen LogP contribution in [0.2, 0.25) is 0 Å². The van der Waals surface area contributed by atoms with Crippen LogP contribution < -0.4 is 0 Å². The molecule has 0 amide bonds. The van der Waals surface area contributed by atoms with Gasteiger partial charge in [-0.3, -0.25) is 0 Å². The van der Waals surface area contributed by atoms with Crippen molar-refractivity contribution >= 4 is 0 Å². The molecule has 3 atom stereocenters. The minimum absolute atomic E-state index is 0.805. The van der Waals surface area contributed by atoms with Gasteiger partial charge in [-0.25, -0.2) is 0 Å². The third-order valence-electron chi connectivity index (χ3n) is 5.35. The fraction of sp³-hybridized carbons (Fsp3) is 0.789. The number of likely N-dealkylation sites (tertiary alicyclic amines) is 1. The highest BCUT2D eigenvalue weighted by Crippen LogP contribution is 2.28. The van der Waals surface area contributed by atoms with Crippen LogP contribution in [0, 0.1) is 11.8 Å². The summed E-state index contributed by atoms with van der Waals surface area (Å²) in [6, 6.07) is 0.831. The Morgan fingerprint density at radius 1 is 1.20 bits per heavy atom. The summed E-state index contributed by atoms with van der Waals surface area (Å²) in [4.78, 5) is 2.72. The van der Waals surface area contributed by atoms with Gasteiger partial charge in [0.1, 0.15) is 0 Å². The molecule has 0 N–H and O–H groups in total. The lowest BCUT2D eigenvalue weighted by Crippen LogP contribution is -2.38. The van der Waals surface area contributed by atoms with Gasteiger partial charge in [0.15, 0.2) is 0 Å². The second kappa shape index (κ2) is 8.67. The first-order valence-corrected chi connectivity index (χ1v) is 8.88. The minimum Gasteiger partial charge on any atom is -0.301 e. The van der Waals surface area contributed by atoms with E-state index in [9.17, 15) is 0 Å². The van der Waals surface area contributed by atoms with Gasteiger partial charge in [-0.15, -0.1) is 0 Å². The van der Waals surface area contributed by atoms with E-state index < -0.39 is 0 Å². The molecular formula is C19H33N. The number of piperidine rings is 1. The van der Waals surface area contributed by atoms with Gasteiger partial charge in [0.2, 0.25) is 0 Å². The lowest BCUT2D eigenvalue weighted by Gasteiger charge is -2.33. The summed E-state index contributed by atoms with van der Waals surface area (Å²) in [6.45, 7) is 7.45. The number of rotatable bonds is 7. The summed E-state index contributed by atoms with van der Waals surface area (Å²) in [5.41, 5.74) is 0. The van der Waals surface area contributed by atoms with Crippen molar-refractivity contribution in [3.05, 3.63) is 24.3 Å². The Labute approximate surface area is 126 Å². The van der Waals surface area contributed by atoms with Crippen molar-refractivity contribution in [2.75, 3.05) is 13.1 Å². The van der Waals surface area contributed by atoms with Crippen molar-refractivity contribution in [1.29, 1.82) is 0 Å². The van der Waals surface area contributed by atoms with Crippen LogP contribution in [0.1, 0.15) is 65.2 Å². The highest BCUT2D eigenvalue weighted by Gasteiger charge is 2.19. The number of unbranched alkanes of at least 4 members (excludes halogenated alkanes) is 1. The second-order valence-corrected chi connectivity index (χ2v) is 6.76. The molecule has 0 aromatic heterocycles. The Balaban J connectivity index is 1.63. The van der Waals surface area contributed by atoms with Crippen LogP contribution in [0.4, 0.5) is 0 Å². The van der Waals surface area contributed by atoms with Crippen LogP contribution in [-0.4, -0.2) is 24.0 Å². The molecule has 0 aromatic rings. The summed E-state index contributed by atoms with van der Waals surface area (Å²) < 4.78 is 0. The van der Waals surface area contributed by atoms with Gasteiger partial charge in [-0.1, -0.05) is 50.5 Å². The van der Waals surface area contributed by atoms with Crippen molar-refractivity contribution in [3.8, 4) is 0 Å². The zero-order chi connectivity index (χ0) is 14.2. The third-order valence-corrected chi connectivity index (χ3v) is 5.35. The molecule has 114 valence electrons. The fourth-order valence-corrected chi connectivity index (χ4v) is 3.88. The predicted molar refractivity (Wildman–Crippen MR) is 88.9 cm³/mol. The molecule has 1 aliphatic carbocycles. The van der Waals surface area contributed by atoms with E-state index in [0.717, 1.165) is 17.9 Å². The van der Waals surface area contributed by atoms with E-state index >= 15 is 0 Å².